The van der Waals surface area contributed by atoms with Crippen molar-refractivity contribution < 1.29 is 9.47 Å². The van der Waals surface area contributed by atoms with Crippen molar-refractivity contribution in [2.24, 2.45) is 0 Å². The Morgan fingerprint density at radius 3 is 2.75 bits per heavy atom. The van der Waals surface area contributed by atoms with Crippen LogP contribution in [0.2, 0.25) is 25.7 Å². The van der Waals surface area contributed by atoms with E-state index in [0.29, 0.717) is 13.3 Å². The van der Waals surface area contributed by atoms with Crippen LogP contribution >= 0.6 is 0 Å². The van der Waals surface area contributed by atoms with Gasteiger partial charge in [0.05, 0.1) is 12.8 Å². The van der Waals surface area contributed by atoms with Gasteiger partial charge in [-0.25, -0.2) is 4.68 Å². The lowest BCUT2D eigenvalue weighted by Crippen LogP contribution is -2.22. The fourth-order valence-corrected chi connectivity index (χ4v) is 2.01. The second-order valence-corrected chi connectivity index (χ2v) is 10.8. The molecular formula is C11H22N2O2Si. The average Bonchev–Trinajstić information content (AvgIpc) is 2.60. The first kappa shape index (κ1) is 13.4. The van der Waals surface area contributed by atoms with Gasteiger partial charge in [0.15, 0.2) is 0 Å². The molecule has 0 N–H and O–H groups in total. The van der Waals surface area contributed by atoms with Gasteiger partial charge < -0.3 is 9.47 Å². The zero-order chi connectivity index (χ0) is 12.0. The molecule has 4 nitrogen and oxygen atoms in total. The molecule has 0 aromatic carbocycles. The summed E-state index contributed by atoms with van der Waals surface area (Å²) >= 11 is 0. The fourth-order valence-electron chi connectivity index (χ4n) is 1.25. The first-order valence-electron chi connectivity index (χ1n) is 5.59. The van der Waals surface area contributed by atoms with Gasteiger partial charge in [-0.2, -0.15) is 5.10 Å². The number of nitrogens with zero attached hydrogens (tertiary/aromatic N) is 2. The van der Waals surface area contributed by atoms with Gasteiger partial charge in [-0.15, -0.1) is 0 Å². The minimum atomic E-state index is -0.978. The monoisotopic (exact) mass is 242 g/mol. The summed E-state index contributed by atoms with van der Waals surface area (Å²) in [7, 11) is 0.705. The summed E-state index contributed by atoms with van der Waals surface area (Å²) in [5.74, 6) is 0. The van der Waals surface area contributed by atoms with Crippen molar-refractivity contribution in [2.45, 2.75) is 39.0 Å². The van der Waals surface area contributed by atoms with Crippen molar-refractivity contribution in [1.82, 2.24) is 9.78 Å². The van der Waals surface area contributed by atoms with Crippen molar-refractivity contribution in [3.05, 3.63) is 18.0 Å². The van der Waals surface area contributed by atoms with Gasteiger partial charge in [-0.05, 0) is 6.04 Å². The van der Waals surface area contributed by atoms with E-state index in [4.69, 9.17) is 9.47 Å². The van der Waals surface area contributed by atoms with Crippen molar-refractivity contribution in [2.75, 3.05) is 13.7 Å². The maximum Gasteiger partial charge on any atom is 0.139 e. The van der Waals surface area contributed by atoms with Gasteiger partial charge in [0.1, 0.15) is 6.73 Å². The normalized spacial score (nSPS) is 12.0. The number of methoxy groups -OCH3 is 1. The zero-order valence-corrected chi connectivity index (χ0v) is 11.7. The third-order valence-electron chi connectivity index (χ3n) is 2.22. The number of ether oxygens (including phenoxy) is 2. The van der Waals surface area contributed by atoms with E-state index < -0.39 is 8.07 Å². The van der Waals surface area contributed by atoms with E-state index >= 15 is 0 Å². The van der Waals surface area contributed by atoms with E-state index in [-0.39, 0.29) is 0 Å². The topological polar surface area (TPSA) is 36.3 Å². The first-order valence-corrected chi connectivity index (χ1v) is 9.30. The van der Waals surface area contributed by atoms with Gasteiger partial charge in [0, 0.05) is 33.6 Å². The van der Waals surface area contributed by atoms with Crippen LogP contribution in [0.4, 0.5) is 0 Å². The second-order valence-electron chi connectivity index (χ2n) is 5.17. The molecule has 0 saturated carbocycles. The molecule has 0 amide bonds. The highest BCUT2D eigenvalue weighted by molar-refractivity contribution is 6.76. The summed E-state index contributed by atoms with van der Waals surface area (Å²) in [5, 5.41) is 4.19. The van der Waals surface area contributed by atoms with Crippen LogP contribution in [-0.2, 0) is 22.8 Å². The molecular weight excluding hydrogens is 220 g/mol. The van der Waals surface area contributed by atoms with Crippen LogP contribution in [0.25, 0.3) is 0 Å². The minimum Gasteiger partial charge on any atom is -0.380 e. The molecule has 16 heavy (non-hydrogen) atoms. The molecule has 0 unspecified atom stereocenters. The molecule has 0 saturated heterocycles. The van der Waals surface area contributed by atoms with Crippen LogP contribution in [0.1, 0.15) is 5.56 Å². The largest absolute Gasteiger partial charge is 0.380 e. The lowest BCUT2D eigenvalue weighted by atomic mass is 10.4. The third-order valence-corrected chi connectivity index (χ3v) is 3.92. The second kappa shape index (κ2) is 6.17. The van der Waals surface area contributed by atoms with Gasteiger partial charge >= 0.3 is 0 Å². The number of aromatic nitrogens is 2. The van der Waals surface area contributed by atoms with Crippen molar-refractivity contribution in [1.29, 1.82) is 0 Å². The highest BCUT2D eigenvalue weighted by atomic mass is 28.3. The van der Waals surface area contributed by atoms with Crippen LogP contribution in [0.5, 0.6) is 0 Å². The smallest absolute Gasteiger partial charge is 0.139 e. The number of rotatable bonds is 7. The predicted octanol–water partition coefficient (Wildman–Crippen LogP) is 2.34. The maximum absolute atomic E-state index is 5.58. The summed E-state index contributed by atoms with van der Waals surface area (Å²) in [6.45, 7) is 9.02. The van der Waals surface area contributed by atoms with E-state index in [0.717, 1.165) is 12.2 Å². The van der Waals surface area contributed by atoms with Gasteiger partial charge in [-0.3, -0.25) is 0 Å². The molecule has 0 spiro atoms. The summed E-state index contributed by atoms with van der Waals surface area (Å²) < 4.78 is 12.4. The van der Waals surface area contributed by atoms with E-state index in [2.05, 4.69) is 24.7 Å². The molecule has 0 aliphatic rings. The Balaban J connectivity index is 2.21. The SMILES string of the molecule is COCc1cnn(COCC[Si](C)(C)C)c1. The molecule has 1 heterocycles. The molecule has 92 valence electrons. The van der Waals surface area contributed by atoms with Crippen molar-refractivity contribution in [3.8, 4) is 0 Å². The van der Waals surface area contributed by atoms with Crippen LogP contribution in [0.3, 0.4) is 0 Å². The summed E-state index contributed by atoms with van der Waals surface area (Å²) in [4.78, 5) is 0. The molecule has 1 rings (SSSR count). The lowest BCUT2D eigenvalue weighted by molar-refractivity contribution is 0.0784. The van der Waals surface area contributed by atoms with Crippen LogP contribution < -0.4 is 0 Å². The van der Waals surface area contributed by atoms with Crippen LogP contribution in [-0.4, -0.2) is 31.6 Å². The maximum atomic E-state index is 5.58. The molecule has 1 aromatic rings. The molecule has 0 radical (unpaired) electrons. The van der Waals surface area contributed by atoms with Gasteiger partial charge in [0.25, 0.3) is 0 Å². The molecule has 0 atom stereocenters. The summed E-state index contributed by atoms with van der Waals surface area (Å²) in [6, 6.07) is 1.19. The van der Waals surface area contributed by atoms with E-state index in [1.165, 1.54) is 6.04 Å². The molecule has 1 aromatic heterocycles. The highest BCUT2D eigenvalue weighted by Crippen LogP contribution is 2.08. The Morgan fingerprint density at radius 2 is 2.12 bits per heavy atom. The minimum absolute atomic E-state index is 0.536. The van der Waals surface area contributed by atoms with Gasteiger partial charge in [-0.1, -0.05) is 19.6 Å². The quantitative estimate of drug-likeness (QED) is 0.544. The van der Waals surface area contributed by atoms with Gasteiger partial charge in [0.2, 0.25) is 0 Å². The van der Waals surface area contributed by atoms with Crippen LogP contribution in [0.15, 0.2) is 12.4 Å². The number of hydrogen-bond donors (Lipinski definition) is 0. The fraction of sp³-hybridized carbons (Fsp3) is 0.727. The Morgan fingerprint density at radius 1 is 1.38 bits per heavy atom. The molecule has 0 aliphatic heterocycles. The Kier molecular flexibility index (Phi) is 5.17. The molecule has 0 bridgehead atoms. The lowest BCUT2D eigenvalue weighted by Gasteiger charge is -2.15. The molecule has 5 heteroatoms. The van der Waals surface area contributed by atoms with Crippen molar-refractivity contribution >= 4 is 8.07 Å². The van der Waals surface area contributed by atoms with Crippen molar-refractivity contribution in [3.63, 3.8) is 0 Å². The molecule has 0 aliphatic carbocycles. The standard InChI is InChI=1S/C11H22N2O2Si/c1-14-9-11-7-12-13(8-11)10-15-5-6-16(2,3)4/h7-8H,5-6,9-10H2,1-4H3. The average molecular weight is 242 g/mol. The highest BCUT2D eigenvalue weighted by Gasteiger charge is 2.11. The Bertz CT molecular complexity index is 307. The first-order chi connectivity index (χ1) is 7.51. The third kappa shape index (κ3) is 5.44. The summed E-state index contributed by atoms with van der Waals surface area (Å²) in [5.41, 5.74) is 1.08. The van der Waals surface area contributed by atoms with E-state index in [9.17, 15) is 0 Å². The van der Waals surface area contributed by atoms with Crippen LogP contribution in [0, 0.1) is 0 Å². The Labute approximate surface area is 98.6 Å². The Hall–Kier alpha value is -0.653. The van der Waals surface area contributed by atoms with E-state index in [1.807, 2.05) is 12.4 Å². The summed E-state index contributed by atoms with van der Waals surface area (Å²) in [6.07, 6.45) is 3.77. The molecule has 0 fully saturated rings. The number of hydrogen-bond acceptors (Lipinski definition) is 3. The van der Waals surface area contributed by atoms with E-state index in [1.54, 1.807) is 11.8 Å². The predicted molar refractivity (Wildman–Crippen MR) is 67.0 cm³/mol. The zero-order valence-electron chi connectivity index (χ0n) is 10.7.